The minimum absolute atomic E-state index is 0.261. The van der Waals surface area contributed by atoms with Crippen LogP contribution in [0.2, 0.25) is 0 Å². The molecule has 1 heterocycles. The second-order valence-corrected chi connectivity index (χ2v) is 9.01. The van der Waals surface area contributed by atoms with Gasteiger partial charge in [0.15, 0.2) is 0 Å². The molecule has 0 spiro atoms. The van der Waals surface area contributed by atoms with Crippen molar-refractivity contribution in [3.63, 3.8) is 0 Å². The Balaban J connectivity index is 2.52. The SMILES string of the molecule is CC(C)N(CCN1CC=CC=C1C(OP(=O)(O)O)(C(N)=O)c1ccccc1)C(C)C. The first kappa shape index (κ1) is 24.3. The number of nitrogens with zero attached hydrogens (tertiary/aromatic N) is 2. The van der Waals surface area contributed by atoms with E-state index in [-0.39, 0.29) is 5.56 Å². The Bertz CT molecular complexity index is 826. The molecule has 8 nitrogen and oxygen atoms in total. The molecule has 1 aliphatic rings. The molecule has 1 amide bonds. The van der Waals surface area contributed by atoms with Crippen molar-refractivity contribution < 1.29 is 23.7 Å². The number of phosphoric acid groups is 1. The van der Waals surface area contributed by atoms with Crippen molar-refractivity contribution in [2.75, 3.05) is 19.6 Å². The smallest absolute Gasteiger partial charge is 0.367 e. The molecule has 2 rings (SSSR count). The number of carbonyl (C=O) groups is 1. The first-order valence-electron chi connectivity index (χ1n) is 9.98. The molecule has 1 aromatic rings. The van der Waals surface area contributed by atoms with Crippen molar-refractivity contribution in [3.8, 4) is 0 Å². The molecule has 0 saturated carbocycles. The summed E-state index contributed by atoms with van der Waals surface area (Å²) in [4.78, 5) is 36.2. The van der Waals surface area contributed by atoms with Gasteiger partial charge < -0.3 is 20.4 Å². The van der Waals surface area contributed by atoms with Gasteiger partial charge in [0, 0.05) is 31.7 Å². The van der Waals surface area contributed by atoms with E-state index >= 15 is 0 Å². The fraction of sp³-hybridized carbons (Fsp3) is 0.476. The number of hydrogen-bond donors (Lipinski definition) is 3. The van der Waals surface area contributed by atoms with E-state index in [4.69, 9.17) is 10.3 Å². The van der Waals surface area contributed by atoms with E-state index in [1.165, 1.54) is 0 Å². The minimum atomic E-state index is -5.07. The van der Waals surface area contributed by atoms with Crippen LogP contribution in [-0.2, 0) is 19.5 Å². The number of nitrogens with two attached hydrogens (primary N) is 1. The Labute approximate surface area is 178 Å². The lowest BCUT2D eigenvalue weighted by molar-refractivity contribution is -0.134. The molecule has 0 saturated heterocycles. The summed E-state index contributed by atoms with van der Waals surface area (Å²) in [6.45, 7) is 10.1. The summed E-state index contributed by atoms with van der Waals surface area (Å²) in [5.41, 5.74) is 4.19. The van der Waals surface area contributed by atoms with Gasteiger partial charge in [-0.1, -0.05) is 42.5 Å². The van der Waals surface area contributed by atoms with Crippen molar-refractivity contribution in [2.24, 2.45) is 5.73 Å². The standard InChI is InChI=1S/C21H32N3O5P/c1-16(2)24(17(3)4)15-14-23-13-9-8-12-19(23)21(20(22)25,29-30(26,27)28)18-10-6-5-7-11-18/h5-12,16-17H,13-15H2,1-4H3,(H2,22,25)(H2,26,27,28). The van der Waals surface area contributed by atoms with E-state index in [1.54, 1.807) is 42.5 Å². The summed E-state index contributed by atoms with van der Waals surface area (Å²) >= 11 is 0. The molecular formula is C21H32N3O5P. The maximum atomic E-state index is 12.8. The summed E-state index contributed by atoms with van der Waals surface area (Å²) in [5.74, 6) is -0.992. The van der Waals surface area contributed by atoms with E-state index in [1.807, 2.05) is 11.0 Å². The molecule has 1 aliphatic heterocycles. The van der Waals surface area contributed by atoms with Crippen molar-refractivity contribution in [1.82, 2.24) is 9.80 Å². The maximum Gasteiger partial charge on any atom is 0.471 e. The number of hydrogen-bond acceptors (Lipinski definition) is 5. The van der Waals surface area contributed by atoms with Crippen LogP contribution >= 0.6 is 7.82 Å². The van der Waals surface area contributed by atoms with E-state index in [2.05, 4.69) is 32.6 Å². The normalized spacial score (nSPS) is 16.8. The molecule has 0 radical (unpaired) electrons. The highest BCUT2D eigenvalue weighted by atomic mass is 31.2. The van der Waals surface area contributed by atoms with Gasteiger partial charge in [-0.2, -0.15) is 0 Å². The lowest BCUT2D eigenvalue weighted by Crippen LogP contribution is -2.51. The predicted molar refractivity (Wildman–Crippen MR) is 116 cm³/mol. The Hall–Kier alpha value is -1.96. The summed E-state index contributed by atoms with van der Waals surface area (Å²) in [5, 5.41) is 0. The molecule has 30 heavy (non-hydrogen) atoms. The number of allylic oxidation sites excluding steroid dienone is 2. The highest BCUT2D eigenvalue weighted by Gasteiger charge is 2.50. The van der Waals surface area contributed by atoms with Gasteiger partial charge in [-0.05, 0) is 39.3 Å². The van der Waals surface area contributed by atoms with Gasteiger partial charge in [0.05, 0.1) is 5.70 Å². The minimum Gasteiger partial charge on any atom is -0.367 e. The number of primary amides is 1. The van der Waals surface area contributed by atoms with Crippen LogP contribution in [0.5, 0.6) is 0 Å². The first-order chi connectivity index (χ1) is 14.0. The van der Waals surface area contributed by atoms with Crippen molar-refractivity contribution in [3.05, 3.63) is 59.8 Å². The van der Waals surface area contributed by atoms with Crippen LogP contribution in [0, 0.1) is 0 Å². The number of carbonyl (C=O) groups excluding carboxylic acids is 1. The zero-order valence-corrected chi connectivity index (χ0v) is 18.8. The number of rotatable bonds is 10. The van der Waals surface area contributed by atoms with Crippen LogP contribution in [0.15, 0.2) is 54.3 Å². The van der Waals surface area contributed by atoms with E-state index in [0.29, 0.717) is 37.4 Å². The molecule has 0 fully saturated rings. The zero-order valence-electron chi connectivity index (χ0n) is 17.9. The fourth-order valence-electron chi connectivity index (χ4n) is 3.86. The largest absolute Gasteiger partial charge is 0.471 e. The molecule has 4 N–H and O–H groups in total. The maximum absolute atomic E-state index is 12.8. The third-order valence-corrected chi connectivity index (χ3v) is 5.67. The molecule has 1 atom stereocenters. The molecule has 166 valence electrons. The van der Waals surface area contributed by atoms with E-state index in [0.717, 1.165) is 0 Å². The van der Waals surface area contributed by atoms with Gasteiger partial charge in [-0.15, -0.1) is 0 Å². The van der Waals surface area contributed by atoms with Crippen LogP contribution in [0.25, 0.3) is 0 Å². The lowest BCUT2D eigenvalue weighted by atomic mass is 9.87. The fourth-order valence-corrected chi connectivity index (χ4v) is 4.51. The van der Waals surface area contributed by atoms with Crippen molar-refractivity contribution >= 4 is 13.7 Å². The van der Waals surface area contributed by atoms with Gasteiger partial charge in [-0.3, -0.25) is 14.2 Å². The third-order valence-electron chi connectivity index (χ3n) is 5.16. The third kappa shape index (κ3) is 5.59. The van der Waals surface area contributed by atoms with Crippen LogP contribution in [0.4, 0.5) is 0 Å². The predicted octanol–water partition coefficient (Wildman–Crippen LogP) is 2.35. The average molecular weight is 437 g/mol. The van der Waals surface area contributed by atoms with Crippen LogP contribution in [0.3, 0.4) is 0 Å². The highest BCUT2D eigenvalue weighted by molar-refractivity contribution is 7.46. The second-order valence-electron chi connectivity index (χ2n) is 7.84. The van der Waals surface area contributed by atoms with E-state index in [9.17, 15) is 19.1 Å². The molecule has 0 aliphatic carbocycles. The Morgan fingerprint density at radius 1 is 1.23 bits per heavy atom. The molecule has 0 aromatic heterocycles. The molecule has 1 unspecified atom stereocenters. The average Bonchev–Trinajstić information content (AvgIpc) is 2.66. The number of benzene rings is 1. The molecular weight excluding hydrogens is 405 g/mol. The molecule has 1 aromatic carbocycles. The van der Waals surface area contributed by atoms with Gasteiger partial charge in [0.2, 0.25) is 5.60 Å². The zero-order chi connectivity index (χ0) is 22.5. The van der Waals surface area contributed by atoms with Crippen LogP contribution in [0.1, 0.15) is 33.3 Å². The Morgan fingerprint density at radius 3 is 2.33 bits per heavy atom. The highest BCUT2D eigenvalue weighted by Crippen LogP contribution is 2.49. The van der Waals surface area contributed by atoms with Crippen molar-refractivity contribution in [2.45, 2.75) is 45.4 Å². The number of phosphoric ester groups is 1. The van der Waals surface area contributed by atoms with Gasteiger partial charge in [0.1, 0.15) is 0 Å². The summed E-state index contributed by atoms with van der Waals surface area (Å²) < 4.78 is 17.1. The quantitative estimate of drug-likeness (QED) is 0.481. The van der Waals surface area contributed by atoms with Crippen LogP contribution < -0.4 is 5.73 Å². The van der Waals surface area contributed by atoms with Gasteiger partial charge >= 0.3 is 7.82 Å². The van der Waals surface area contributed by atoms with Gasteiger partial charge in [0.25, 0.3) is 5.91 Å². The van der Waals surface area contributed by atoms with Crippen molar-refractivity contribution in [1.29, 1.82) is 0 Å². The Morgan fingerprint density at radius 2 is 1.83 bits per heavy atom. The molecule has 0 bridgehead atoms. The summed E-state index contributed by atoms with van der Waals surface area (Å²) in [6.07, 6.45) is 5.27. The second kappa shape index (κ2) is 9.90. The molecule has 9 heteroatoms. The first-order valence-corrected chi connectivity index (χ1v) is 11.5. The monoisotopic (exact) mass is 437 g/mol. The van der Waals surface area contributed by atoms with E-state index < -0.39 is 19.3 Å². The summed E-state index contributed by atoms with van der Waals surface area (Å²) in [7, 11) is -5.07. The topological polar surface area (TPSA) is 116 Å². The van der Waals surface area contributed by atoms with Crippen LogP contribution in [-0.4, -0.2) is 57.2 Å². The number of amides is 1. The summed E-state index contributed by atoms with van der Waals surface area (Å²) in [6, 6.07) is 8.86. The lowest BCUT2D eigenvalue weighted by Gasteiger charge is -2.41. The Kier molecular flexibility index (Phi) is 8.02. The van der Waals surface area contributed by atoms with Gasteiger partial charge in [-0.25, -0.2) is 4.57 Å².